The molecule has 1 heterocycles. The average Bonchev–Trinajstić information content (AvgIpc) is 3.05. The number of nitrogens with zero attached hydrogens (tertiary/aromatic N) is 1. The highest BCUT2D eigenvalue weighted by Crippen LogP contribution is 2.42. The summed E-state index contributed by atoms with van der Waals surface area (Å²) >= 11 is 0. The first-order valence-electron chi connectivity index (χ1n) is 10.9. The molecule has 0 bridgehead atoms. The van der Waals surface area contributed by atoms with Crippen molar-refractivity contribution in [2.75, 3.05) is 18.1 Å². The molecule has 6 nitrogen and oxygen atoms in total. The summed E-state index contributed by atoms with van der Waals surface area (Å²) in [6, 6.07) is 10.1. The monoisotopic (exact) mass is 439 g/mol. The van der Waals surface area contributed by atoms with Gasteiger partial charge in [-0.15, -0.1) is 0 Å². The van der Waals surface area contributed by atoms with E-state index in [2.05, 4.69) is 41.5 Å². The van der Waals surface area contributed by atoms with E-state index in [9.17, 15) is 14.7 Å². The molecular formula is C26H33NO5. The number of ether oxygens (including phenoxy) is 1. The molecule has 0 aromatic heterocycles. The maximum absolute atomic E-state index is 12.9. The standard InChI is InChI=1S/C26H33NO5/c1-25(2,3)20-12-18(13-21(23(20)29)26(4,5)6)27-14-16(11-22(27)28)15-32-19-9-7-17(8-10-19)24(30)31/h7-10,12-13,16,29H,11,14-15H2,1-6H3,(H,30,31). The zero-order valence-electron chi connectivity index (χ0n) is 19.7. The third-order valence-corrected chi connectivity index (χ3v) is 5.81. The van der Waals surface area contributed by atoms with E-state index in [1.807, 2.05) is 12.1 Å². The lowest BCUT2D eigenvalue weighted by Crippen LogP contribution is -2.27. The Kier molecular flexibility index (Phi) is 6.27. The number of phenols is 1. The van der Waals surface area contributed by atoms with Gasteiger partial charge in [0, 0.05) is 35.7 Å². The second kappa shape index (κ2) is 8.49. The molecule has 1 fully saturated rings. The molecule has 172 valence electrons. The first-order valence-corrected chi connectivity index (χ1v) is 10.9. The number of phenolic OH excluding ortho intramolecular Hbond substituents is 1. The number of carboxylic acid groups (broad SMARTS) is 1. The predicted molar refractivity (Wildman–Crippen MR) is 125 cm³/mol. The molecule has 1 aliphatic rings. The molecule has 1 aliphatic heterocycles. The highest BCUT2D eigenvalue weighted by atomic mass is 16.5. The Morgan fingerprint density at radius 1 is 1.03 bits per heavy atom. The van der Waals surface area contributed by atoms with E-state index in [4.69, 9.17) is 9.84 Å². The number of carbonyl (C=O) groups is 2. The van der Waals surface area contributed by atoms with Crippen molar-refractivity contribution in [2.45, 2.75) is 58.8 Å². The van der Waals surface area contributed by atoms with Gasteiger partial charge < -0.3 is 19.8 Å². The second-order valence-electron chi connectivity index (χ2n) is 10.6. The lowest BCUT2D eigenvalue weighted by atomic mass is 9.79. The van der Waals surface area contributed by atoms with Gasteiger partial charge in [-0.1, -0.05) is 41.5 Å². The lowest BCUT2D eigenvalue weighted by molar-refractivity contribution is -0.117. The SMILES string of the molecule is CC(C)(C)c1cc(N2CC(COc3ccc(C(=O)O)cc3)CC2=O)cc(C(C)(C)C)c1O. The zero-order valence-corrected chi connectivity index (χ0v) is 19.7. The van der Waals surface area contributed by atoms with Crippen molar-refractivity contribution in [2.24, 2.45) is 5.92 Å². The van der Waals surface area contributed by atoms with Gasteiger partial charge >= 0.3 is 5.97 Å². The normalized spacial score (nSPS) is 17.0. The third-order valence-electron chi connectivity index (χ3n) is 5.81. The van der Waals surface area contributed by atoms with Crippen LogP contribution in [0.15, 0.2) is 36.4 Å². The Morgan fingerprint density at radius 3 is 2.03 bits per heavy atom. The van der Waals surface area contributed by atoms with Gasteiger partial charge in [0.1, 0.15) is 11.5 Å². The minimum absolute atomic E-state index is 0.0200. The summed E-state index contributed by atoms with van der Waals surface area (Å²) in [5, 5.41) is 20.0. The van der Waals surface area contributed by atoms with Crippen LogP contribution in [0.4, 0.5) is 5.69 Å². The van der Waals surface area contributed by atoms with Crippen molar-refractivity contribution < 1.29 is 24.5 Å². The summed E-state index contributed by atoms with van der Waals surface area (Å²) in [7, 11) is 0. The van der Waals surface area contributed by atoms with Gasteiger partial charge in [0.2, 0.25) is 5.91 Å². The van der Waals surface area contributed by atoms with Crippen LogP contribution < -0.4 is 9.64 Å². The summed E-state index contributed by atoms with van der Waals surface area (Å²) in [6.07, 6.45) is 0.379. The van der Waals surface area contributed by atoms with Crippen LogP contribution in [0.25, 0.3) is 0 Å². The van der Waals surface area contributed by atoms with Gasteiger partial charge in [0.25, 0.3) is 0 Å². The van der Waals surface area contributed by atoms with Crippen molar-refractivity contribution in [3.8, 4) is 11.5 Å². The number of carboxylic acids is 1. The van der Waals surface area contributed by atoms with Crippen LogP contribution >= 0.6 is 0 Å². The highest BCUT2D eigenvalue weighted by molar-refractivity contribution is 5.96. The molecule has 2 aromatic carbocycles. The number of hydrogen-bond acceptors (Lipinski definition) is 4. The fourth-order valence-electron chi connectivity index (χ4n) is 3.97. The molecule has 1 atom stereocenters. The number of hydrogen-bond donors (Lipinski definition) is 2. The number of benzene rings is 2. The molecule has 1 saturated heterocycles. The topological polar surface area (TPSA) is 87.1 Å². The van der Waals surface area contributed by atoms with E-state index in [1.165, 1.54) is 12.1 Å². The Balaban J connectivity index is 1.80. The van der Waals surface area contributed by atoms with Crippen LogP contribution in [0.5, 0.6) is 11.5 Å². The molecule has 1 unspecified atom stereocenters. The summed E-state index contributed by atoms with van der Waals surface area (Å²) in [6.45, 7) is 13.2. The van der Waals surface area contributed by atoms with Crippen molar-refractivity contribution in [3.63, 3.8) is 0 Å². The number of rotatable bonds is 5. The van der Waals surface area contributed by atoms with E-state index in [0.29, 0.717) is 31.1 Å². The predicted octanol–water partition coefficient (Wildman–Crippen LogP) is 5.12. The molecule has 0 saturated carbocycles. The molecule has 6 heteroatoms. The van der Waals surface area contributed by atoms with Crippen LogP contribution in [0.1, 0.15) is 69.4 Å². The first kappa shape index (κ1) is 23.6. The van der Waals surface area contributed by atoms with Gasteiger partial charge in [-0.3, -0.25) is 4.79 Å². The summed E-state index contributed by atoms with van der Waals surface area (Å²) in [5.74, 6) is -0.0516. The van der Waals surface area contributed by atoms with Crippen molar-refractivity contribution in [1.82, 2.24) is 0 Å². The minimum atomic E-state index is -0.980. The minimum Gasteiger partial charge on any atom is -0.507 e. The van der Waals surface area contributed by atoms with E-state index in [-0.39, 0.29) is 28.2 Å². The molecule has 3 rings (SSSR count). The van der Waals surface area contributed by atoms with Gasteiger partial charge in [-0.2, -0.15) is 0 Å². The van der Waals surface area contributed by atoms with Crippen molar-refractivity contribution in [1.29, 1.82) is 0 Å². The fraction of sp³-hybridized carbons (Fsp3) is 0.462. The quantitative estimate of drug-likeness (QED) is 0.675. The number of aromatic carboxylic acids is 1. The van der Waals surface area contributed by atoms with Crippen LogP contribution in [0.2, 0.25) is 0 Å². The van der Waals surface area contributed by atoms with Crippen LogP contribution in [0.3, 0.4) is 0 Å². The average molecular weight is 440 g/mol. The molecular weight excluding hydrogens is 406 g/mol. The van der Waals surface area contributed by atoms with Crippen LogP contribution in [0, 0.1) is 5.92 Å². The number of aromatic hydroxyl groups is 1. The van der Waals surface area contributed by atoms with Gasteiger partial charge in [0.05, 0.1) is 12.2 Å². The molecule has 1 amide bonds. The second-order valence-corrected chi connectivity index (χ2v) is 10.6. The lowest BCUT2D eigenvalue weighted by Gasteiger charge is -2.30. The largest absolute Gasteiger partial charge is 0.507 e. The molecule has 2 aromatic rings. The molecule has 0 aliphatic carbocycles. The maximum Gasteiger partial charge on any atom is 0.335 e. The molecule has 32 heavy (non-hydrogen) atoms. The Morgan fingerprint density at radius 2 is 1.56 bits per heavy atom. The van der Waals surface area contributed by atoms with E-state index >= 15 is 0 Å². The van der Waals surface area contributed by atoms with E-state index in [1.54, 1.807) is 17.0 Å². The summed E-state index contributed by atoms with van der Waals surface area (Å²) < 4.78 is 5.82. The van der Waals surface area contributed by atoms with Crippen LogP contribution in [-0.4, -0.2) is 35.2 Å². The van der Waals surface area contributed by atoms with Gasteiger partial charge in [0.15, 0.2) is 0 Å². The highest BCUT2D eigenvalue weighted by Gasteiger charge is 2.34. The molecule has 0 spiro atoms. The summed E-state index contributed by atoms with van der Waals surface area (Å²) in [5.41, 5.74) is 2.12. The Labute approximate surface area is 189 Å². The summed E-state index contributed by atoms with van der Waals surface area (Å²) in [4.78, 5) is 25.6. The van der Waals surface area contributed by atoms with E-state index < -0.39 is 5.97 Å². The molecule has 0 radical (unpaired) electrons. The number of anilines is 1. The van der Waals surface area contributed by atoms with Gasteiger partial charge in [-0.25, -0.2) is 4.79 Å². The number of carbonyl (C=O) groups excluding carboxylic acids is 1. The fourth-order valence-corrected chi connectivity index (χ4v) is 3.97. The maximum atomic E-state index is 12.9. The Bertz CT molecular complexity index is 977. The smallest absolute Gasteiger partial charge is 0.335 e. The third kappa shape index (κ3) is 5.06. The first-order chi connectivity index (χ1) is 14.8. The Hall–Kier alpha value is -3.02. The van der Waals surface area contributed by atoms with Crippen molar-refractivity contribution >= 4 is 17.6 Å². The zero-order chi connectivity index (χ0) is 23.8. The molecule has 2 N–H and O–H groups in total. The van der Waals surface area contributed by atoms with Crippen LogP contribution in [-0.2, 0) is 15.6 Å². The van der Waals surface area contributed by atoms with Crippen molar-refractivity contribution in [3.05, 3.63) is 53.1 Å². The van der Waals surface area contributed by atoms with Gasteiger partial charge in [-0.05, 0) is 47.2 Å². The number of amides is 1. The van der Waals surface area contributed by atoms with E-state index in [0.717, 1.165) is 16.8 Å².